The molecular formula is C7H17NO4S. The lowest BCUT2D eigenvalue weighted by Gasteiger charge is -2.29. The molecule has 5 nitrogen and oxygen atoms in total. The summed E-state index contributed by atoms with van der Waals surface area (Å²) in [6.45, 7) is 0.00105. The summed E-state index contributed by atoms with van der Waals surface area (Å²) in [4.78, 5) is 0. The summed E-state index contributed by atoms with van der Waals surface area (Å²) in [7, 11) is 1.42. The first-order valence-corrected chi connectivity index (χ1v) is 4.97. The quantitative estimate of drug-likeness (QED) is 0.246. The van der Waals surface area contributed by atoms with Crippen molar-refractivity contribution >= 4 is 12.0 Å². The van der Waals surface area contributed by atoms with Crippen molar-refractivity contribution < 1.29 is 19.5 Å². The molecule has 6 heteroatoms. The fourth-order valence-corrected chi connectivity index (χ4v) is 1.09. The van der Waals surface area contributed by atoms with Crippen LogP contribution >= 0.6 is 12.0 Å². The van der Waals surface area contributed by atoms with Gasteiger partial charge in [0, 0.05) is 12.9 Å². The standard InChI is InChI=1S/C7H17NO4S/c1-12-7(5-9,6-10)8-3-2-4-13-11/h8-11H,2-6H2,1H3. The highest BCUT2D eigenvalue weighted by molar-refractivity contribution is 7.93. The van der Waals surface area contributed by atoms with Crippen molar-refractivity contribution in [3.63, 3.8) is 0 Å². The molecule has 0 bridgehead atoms. The highest BCUT2D eigenvalue weighted by Crippen LogP contribution is 2.03. The highest BCUT2D eigenvalue weighted by Gasteiger charge is 2.26. The average Bonchev–Trinajstić information content (AvgIpc) is 2.20. The summed E-state index contributed by atoms with van der Waals surface area (Å²) in [6.07, 6.45) is 0.742. The van der Waals surface area contributed by atoms with E-state index in [9.17, 15) is 0 Å². The highest BCUT2D eigenvalue weighted by atomic mass is 32.2. The van der Waals surface area contributed by atoms with Gasteiger partial charge in [0.05, 0.1) is 13.2 Å². The molecule has 0 atom stereocenters. The maximum absolute atomic E-state index is 8.93. The number of rotatable bonds is 8. The van der Waals surface area contributed by atoms with Gasteiger partial charge in [0.15, 0.2) is 5.72 Å². The topological polar surface area (TPSA) is 82.0 Å². The third-order valence-corrected chi connectivity index (χ3v) is 2.23. The molecule has 0 heterocycles. The van der Waals surface area contributed by atoms with E-state index < -0.39 is 5.72 Å². The number of aliphatic hydroxyl groups excluding tert-OH is 2. The van der Waals surface area contributed by atoms with Crippen LogP contribution in [0.3, 0.4) is 0 Å². The van der Waals surface area contributed by atoms with Gasteiger partial charge in [-0.1, -0.05) is 0 Å². The molecular weight excluding hydrogens is 194 g/mol. The van der Waals surface area contributed by atoms with E-state index in [1.807, 2.05) is 0 Å². The van der Waals surface area contributed by atoms with Gasteiger partial charge in [-0.3, -0.25) is 5.32 Å². The molecule has 0 aromatic heterocycles. The normalized spacial score (nSPS) is 12.0. The number of ether oxygens (including phenoxy) is 1. The molecule has 0 aromatic carbocycles. The minimum Gasteiger partial charge on any atom is -0.392 e. The second-order valence-electron chi connectivity index (χ2n) is 2.63. The lowest BCUT2D eigenvalue weighted by Crippen LogP contribution is -2.53. The van der Waals surface area contributed by atoms with Gasteiger partial charge in [-0.25, -0.2) is 0 Å². The summed E-state index contributed by atoms with van der Waals surface area (Å²) < 4.78 is 13.4. The second kappa shape index (κ2) is 7.54. The number of nitrogens with one attached hydrogen (secondary N) is 1. The fraction of sp³-hybridized carbons (Fsp3) is 1.00. The van der Waals surface area contributed by atoms with Crippen LogP contribution in [0.5, 0.6) is 0 Å². The molecule has 0 fully saturated rings. The lowest BCUT2D eigenvalue weighted by molar-refractivity contribution is -0.107. The van der Waals surface area contributed by atoms with Gasteiger partial charge >= 0.3 is 0 Å². The summed E-state index contributed by atoms with van der Waals surface area (Å²) in [5.74, 6) is 0.615. The minimum atomic E-state index is -1.06. The number of hydrogen-bond donors (Lipinski definition) is 4. The SMILES string of the molecule is COC(CO)(CO)NCCCSO. The van der Waals surface area contributed by atoms with Crippen LogP contribution in [0.1, 0.15) is 6.42 Å². The van der Waals surface area contributed by atoms with Gasteiger partial charge in [0.25, 0.3) is 0 Å². The Bertz CT molecular complexity index is 113. The van der Waals surface area contributed by atoms with E-state index in [0.717, 1.165) is 18.5 Å². The third-order valence-electron chi connectivity index (χ3n) is 1.76. The second-order valence-corrected chi connectivity index (χ2v) is 3.29. The zero-order valence-electron chi connectivity index (χ0n) is 7.69. The minimum absolute atomic E-state index is 0.285. The molecule has 0 rings (SSSR count). The smallest absolute Gasteiger partial charge is 0.165 e. The summed E-state index contributed by atoms with van der Waals surface area (Å²) in [5, 5.41) is 20.7. The van der Waals surface area contributed by atoms with Gasteiger partial charge in [-0.2, -0.15) is 0 Å². The molecule has 0 aliphatic heterocycles. The van der Waals surface area contributed by atoms with Crippen molar-refractivity contribution in [1.29, 1.82) is 0 Å². The predicted molar refractivity (Wildman–Crippen MR) is 51.6 cm³/mol. The van der Waals surface area contributed by atoms with E-state index in [4.69, 9.17) is 19.5 Å². The van der Waals surface area contributed by atoms with E-state index in [1.165, 1.54) is 7.11 Å². The average molecular weight is 211 g/mol. The van der Waals surface area contributed by atoms with Crippen LogP contribution in [-0.4, -0.2) is 53.1 Å². The molecule has 0 saturated heterocycles. The Morgan fingerprint density at radius 2 is 2.00 bits per heavy atom. The number of methoxy groups -OCH3 is 1. The molecule has 4 N–H and O–H groups in total. The van der Waals surface area contributed by atoms with Crippen LogP contribution in [0.2, 0.25) is 0 Å². The summed E-state index contributed by atoms with van der Waals surface area (Å²) in [6, 6.07) is 0. The predicted octanol–water partition coefficient (Wildman–Crippen LogP) is -0.500. The Kier molecular flexibility index (Phi) is 7.63. The van der Waals surface area contributed by atoms with Crippen LogP contribution in [0.4, 0.5) is 0 Å². The molecule has 0 saturated carbocycles. The van der Waals surface area contributed by atoms with Gasteiger partial charge in [0.2, 0.25) is 0 Å². The Morgan fingerprint density at radius 1 is 1.38 bits per heavy atom. The van der Waals surface area contributed by atoms with Gasteiger partial charge in [0.1, 0.15) is 0 Å². The lowest BCUT2D eigenvalue weighted by atomic mass is 10.2. The Morgan fingerprint density at radius 3 is 2.38 bits per heavy atom. The maximum atomic E-state index is 8.93. The monoisotopic (exact) mass is 211 g/mol. The largest absolute Gasteiger partial charge is 0.392 e. The Hall–Kier alpha value is 0.150. The molecule has 0 aliphatic carbocycles. The van der Waals surface area contributed by atoms with Gasteiger partial charge in [-0.05, 0) is 25.0 Å². The van der Waals surface area contributed by atoms with Crippen molar-refractivity contribution in [3.05, 3.63) is 0 Å². The zero-order valence-corrected chi connectivity index (χ0v) is 8.51. The van der Waals surface area contributed by atoms with E-state index in [0.29, 0.717) is 12.3 Å². The van der Waals surface area contributed by atoms with Crippen molar-refractivity contribution in [2.45, 2.75) is 12.1 Å². The van der Waals surface area contributed by atoms with Crippen LogP contribution in [-0.2, 0) is 4.74 Å². The molecule has 0 aliphatic rings. The Balaban J connectivity index is 3.68. The molecule has 0 aromatic rings. The van der Waals surface area contributed by atoms with Crippen LogP contribution < -0.4 is 5.32 Å². The van der Waals surface area contributed by atoms with E-state index in [2.05, 4.69) is 5.32 Å². The van der Waals surface area contributed by atoms with Gasteiger partial charge < -0.3 is 19.5 Å². The van der Waals surface area contributed by atoms with Crippen LogP contribution in [0.25, 0.3) is 0 Å². The van der Waals surface area contributed by atoms with Gasteiger partial charge in [-0.15, -0.1) is 0 Å². The Labute approximate surface area is 82.3 Å². The van der Waals surface area contributed by atoms with E-state index in [-0.39, 0.29) is 13.2 Å². The maximum Gasteiger partial charge on any atom is 0.165 e. The van der Waals surface area contributed by atoms with Crippen molar-refractivity contribution in [2.24, 2.45) is 0 Å². The summed E-state index contributed by atoms with van der Waals surface area (Å²) in [5.41, 5.74) is -1.06. The zero-order chi connectivity index (χ0) is 10.2. The van der Waals surface area contributed by atoms with Crippen LogP contribution in [0, 0.1) is 0 Å². The molecule has 13 heavy (non-hydrogen) atoms. The summed E-state index contributed by atoms with van der Waals surface area (Å²) >= 11 is 0.769. The first-order chi connectivity index (χ1) is 6.24. The number of hydrogen-bond acceptors (Lipinski definition) is 6. The van der Waals surface area contributed by atoms with Crippen molar-refractivity contribution in [2.75, 3.05) is 32.6 Å². The first-order valence-electron chi connectivity index (χ1n) is 4.03. The molecule has 0 unspecified atom stereocenters. The van der Waals surface area contributed by atoms with Crippen molar-refractivity contribution in [3.8, 4) is 0 Å². The number of aliphatic hydroxyl groups is 2. The molecule has 0 radical (unpaired) electrons. The first kappa shape index (κ1) is 13.2. The van der Waals surface area contributed by atoms with E-state index >= 15 is 0 Å². The fourth-order valence-electron chi connectivity index (χ4n) is 0.816. The molecule has 80 valence electrons. The molecule has 0 amide bonds. The third kappa shape index (κ3) is 4.80. The van der Waals surface area contributed by atoms with Crippen molar-refractivity contribution in [1.82, 2.24) is 5.32 Å². The van der Waals surface area contributed by atoms with Crippen LogP contribution in [0.15, 0.2) is 0 Å². The van der Waals surface area contributed by atoms with E-state index in [1.54, 1.807) is 0 Å². The molecule has 0 spiro atoms.